The van der Waals surface area contributed by atoms with Gasteiger partial charge in [-0.3, -0.25) is 4.79 Å². The van der Waals surface area contributed by atoms with Crippen LogP contribution in [0.2, 0.25) is 0 Å². The van der Waals surface area contributed by atoms with Gasteiger partial charge >= 0.3 is 0 Å². The molecule has 2 aliphatic rings. The molecule has 134 valence electrons. The zero-order chi connectivity index (χ0) is 18.0. The van der Waals surface area contributed by atoms with Crippen molar-refractivity contribution in [3.8, 4) is 6.07 Å². The van der Waals surface area contributed by atoms with E-state index >= 15 is 0 Å². The largest absolute Gasteiger partial charge is 0.355 e. The first-order valence-electron chi connectivity index (χ1n) is 8.17. The van der Waals surface area contributed by atoms with Gasteiger partial charge in [0.05, 0.1) is 18.3 Å². The van der Waals surface area contributed by atoms with Gasteiger partial charge in [0.25, 0.3) is 5.92 Å². The fourth-order valence-corrected chi connectivity index (χ4v) is 2.94. The SMILES string of the molecule is N#Cc1cnc(N2CCC(CNC(=O)C3CC3F)C(F)(F)CC2)cn1. The number of nitrogens with one attached hydrogen (secondary N) is 1. The van der Waals surface area contributed by atoms with Crippen molar-refractivity contribution in [2.45, 2.75) is 31.4 Å². The van der Waals surface area contributed by atoms with Crippen molar-refractivity contribution in [1.29, 1.82) is 5.26 Å². The van der Waals surface area contributed by atoms with E-state index in [0.717, 1.165) is 0 Å². The first-order chi connectivity index (χ1) is 11.9. The van der Waals surface area contributed by atoms with Crippen molar-refractivity contribution in [2.24, 2.45) is 11.8 Å². The van der Waals surface area contributed by atoms with Crippen LogP contribution < -0.4 is 10.2 Å². The Labute approximate surface area is 143 Å². The van der Waals surface area contributed by atoms with Gasteiger partial charge in [0.1, 0.15) is 18.1 Å². The zero-order valence-corrected chi connectivity index (χ0v) is 13.5. The molecule has 25 heavy (non-hydrogen) atoms. The summed E-state index contributed by atoms with van der Waals surface area (Å²) in [5.41, 5.74) is 0.163. The monoisotopic (exact) mass is 353 g/mol. The van der Waals surface area contributed by atoms with Crippen molar-refractivity contribution >= 4 is 11.7 Å². The second-order valence-corrected chi connectivity index (χ2v) is 6.46. The van der Waals surface area contributed by atoms with Crippen molar-refractivity contribution in [3.63, 3.8) is 0 Å². The third-order valence-corrected chi connectivity index (χ3v) is 4.71. The number of anilines is 1. The number of nitriles is 1. The Balaban J connectivity index is 1.60. The maximum Gasteiger partial charge on any atom is 0.254 e. The number of carbonyl (C=O) groups excluding carboxylic acids is 1. The minimum atomic E-state index is -2.93. The molecule has 6 nitrogen and oxygen atoms in total. The molecule has 3 unspecified atom stereocenters. The summed E-state index contributed by atoms with van der Waals surface area (Å²) in [6.07, 6.45) is 1.54. The molecule has 1 aliphatic heterocycles. The van der Waals surface area contributed by atoms with Crippen LogP contribution in [0.1, 0.15) is 25.0 Å². The van der Waals surface area contributed by atoms with Gasteiger partial charge in [0.15, 0.2) is 5.69 Å². The number of amides is 1. The summed E-state index contributed by atoms with van der Waals surface area (Å²) in [5.74, 6) is -4.66. The van der Waals surface area contributed by atoms with E-state index in [1.165, 1.54) is 12.4 Å². The highest BCUT2D eigenvalue weighted by atomic mass is 19.3. The quantitative estimate of drug-likeness (QED) is 0.891. The lowest BCUT2D eigenvalue weighted by Crippen LogP contribution is -2.39. The standard InChI is InChI=1S/C16H18F3N5O/c17-13-5-12(13)15(25)23-7-10-1-3-24(4-2-16(10,18)19)14-9-21-11(6-20)8-22-14/h8-10,12-13H,1-5,7H2,(H,23,25). The number of aromatic nitrogens is 2. The lowest BCUT2D eigenvalue weighted by atomic mass is 9.96. The summed E-state index contributed by atoms with van der Waals surface area (Å²) in [7, 11) is 0. The van der Waals surface area contributed by atoms with Crippen LogP contribution in [0.25, 0.3) is 0 Å². The highest BCUT2D eigenvalue weighted by Gasteiger charge is 2.45. The van der Waals surface area contributed by atoms with E-state index < -0.39 is 29.8 Å². The highest BCUT2D eigenvalue weighted by Crippen LogP contribution is 2.36. The molecule has 9 heteroatoms. The summed E-state index contributed by atoms with van der Waals surface area (Å²) in [4.78, 5) is 21.3. The van der Waals surface area contributed by atoms with Gasteiger partial charge in [-0.05, 0) is 12.8 Å². The molecule has 3 rings (SSSR count). The second kappa shape index (κ2) is 6.86. The molecule has 3 atom stereocenters. The van der Waals surface area contributed by atoms with Gasteiger partial charge in [-0.25, -0.2) is 23.1 Å². The molecule has 1 aliphatic carbocycles. The average molecular weight is 353 g/mol. The number of hydrogen-bond donors (Lipinski definition) is 1. The summed E-state index contributed by atoms with van der Waals surface area (Å²) >= 11 is 0. The normalized spacial score (nSPS) is 27.9. The topological polar surface area (TPSA) is 81.9 Å². The van der Waals surface area contributed by atoms with Crippen LogP contribution in [0.3, 0.4) is 0 Å². The number of alkyl halides is 3. The van der Waals surface area contributed by atoms with E-state index in [1.54, 1.807) is 4.90 Å². The van der Waals surface area contributed by atoms with Crippen LogP contribution >= 0.6 is 0 Å². The Kier molecular flexibility index (Phi) is 4.79. The third kappa shape index (κ3) is 4.00. The van der Waals surface area contributed by atoms with E-state index in [0.29, 0.717) is 12.4 Å². The molecule has 2 heterocycles. The maximum absolute atomic E-state index is 14.3. The summed E-state index contributed by atoms with van der Waals surface area (Å²) in [6.45, 7) is 0.279. The van der Waals surface area contributed by atoms with Crippen LogP contribution in [0.5, 0.6) is 0 Å². The maximum atomic E-state index is 14.3. The zero-order valence-electron chi connectivity index (χ0n) is 13.5. The predicted molar refractivity (Wildman–Crippen MR) is 82.6 cm³/mol. The Morgan fingerprint density at radius 1 is 1.40 bits per heavy atom. The smallest absolute Gasteiger partial charge is 0.254 e. The van der Waals surface area contributed by atoms with Gasteiger partial charge in [-0.15, -0.1) is 0 Å². The summed E-state index contributed by atoms with van der Waals surface area (Å²) in [5, 5.41) is 11.2. The highest BCUT2D eigenvalue weighted by molar-refractivity contribution is 5.82. The lowest BCUT2D eigenvalue weighted by molar-refractivity contribution is -0.123. The predicted octanol–water partition coefficient (Wildman–Crippen LogP) is 1.67. The van der Waals surface area contributed by atoms with Crippen molar-refractivity contribution in [1.82, 2.24) is 15.3 Å². The lowest BCUT2D eigenvalue weighted by Gasteiger charge is -2.24. The second-order valence-electron chi connectivity index (χ2n) is 6.46. The molecule has 1 aromatic rings. The number of rotatable bonds is 4. The Bertz CT molecular complexity index is 675. The van der Waals surface area contributed by atoms with E-state index in [-0.39, 0.29) is 38.0 Å². The van der Waals surface area contributed by atoms with E-state index in [1.807, 2.05) is 6.07 Å². The van der Waals surface area contributed by atoms with E-state index in [2.05, 4.69) is 15.3 Å². The third-order valence-electron chi connectivity index (χ3n) is 4.71. The molecule has 1 N–H and O–H groups in total. The van der Waals surface area contributed by atoms with Crippen LogP contribution in [-0.4, -0.2) is 47.6 Å². The Hall–Kier alpha value is -2.37. The number of nitrogens with zero attached hydrogens (tertiary/aromatic N) is 4. The number of halogens is 3. The fraction of sp³-hybridized carbons (Fsp3) is 0.625. The van der Waals surface area contributed by atoms with Gasteiger partial charge in [0.2, 0.25) is 5.91 Å². The molecule has 1 aromatic heterocycles. The first kappa shape index (κ1) is 17.5. The van der Waals surface area contributed by atoms with Crippen LogP contribution in [-0.2, 0) is 4.79 Å². The first-order valence-corrected chi connectivity index (χ1v) is 8.17. The van der Waals surface area contributed by atoms with Crippen LogP contribution in [0.15, 0.2) is 12.4 Å². The molecule has 1 saturated heterocycles. The average Bonchev–Trinajstić information content (AvgIpc) is 3.35. The Morgan fingerprint density at radius 2 is 2.16 bits per heavy atom. The van der Waals surface area contributed by atoms with Crippen molar-refractivity contribution < 1.29 is 18.0 Å². The van der Waals surface area contributed by atoms with Crippen LogP contribution in [0, 0.1) is 23.2 Å². The van der Waals surface area contributed by atoms with E-state index in [9.17, 15) is 18.0 Å². The van der Waals surface area contributed by atoms with Gasteiger partial charge in [-0.1, -0.05) is 0 Å². The molecule has 0 aromatic carbocycles. The molecule has 2 fully saturated rings. The summed E-state index contributed by atoms with van der Waals surface area (Å²) < 4.78 is 41.6. The van der Waals surface area contributed by atoms with Gasteiger partial charge in [0, 0.05) is 32.0 Å². The molecular formula is C16H18F3N5O. The number of carbonyl (C=O) groups is 1. The van der Waals surface area contributed by atoms with Crippen molar-refractivity contribution in [3.05, 3.63) is 18.1 Å². The molecular weight excluding hydrogens is 335 g/mol. The molecule has 0 bridgehead atoms. The molecule has 1 amide bonds. The molecule has 0 spiro atoms. The fourth-order valence-electron chi connectivity index (χ4n) is 2.94. The number of hydrogen-bond acceptors (Lipinski definition) is 5. The van der Waals surface area contributed by atoms with E-state index in [4.69, 9.17) is 5.26 Å². The van der Waals surface area contributed by atoms with Gasteiger partial charge in [-0.2, -0.15) is 5.26 Å². The van der Waals surface area contributed by atoms with Crippen molar-refractivity contribution in [2.75, 3.05) is 24.5 Å². The minimum Gasteiger partial charge on any atom is -0.355 e. The Morgan fingerprint density at radius 3 is 2.76 bits per heavy atom. The molecule has 0 radical (unpaired) electrons. The molecule has 1 saturated carbocycles. The van der Waals surface area contributed by atoms with Gasteiger partial charge < -0.3 is 10.2 Å². The summed E-state index contributed by atoms with van der Waals surface area (Å²) in [6, 6.07) is 1.86. The minimum absolute atomic E-state index is 0.104. The van der Waals surface area contributed by atoms with Crippen LogP contribution in [0.4, 0.5) is 19.0 Å².